The van der Waals surface area contributed by atoms with Gasteiger partial charge in [-0.15, -0.1) is 0 Å². The van der Waals surface area contributed by atoms with E-state index in [2.05, 4.69) is 0 Å². The fourth-order valence-electron chi connectivity index (χ4n) is 3.26. The summed E-state index contributed by atoms with van der Waals surface area (Å²) in [6, 6.07) is 16.0. The number of primary amides is 1. The number of likely N-dealkylation sites (tertiary alicyclic amines) is 1. The third kappa shape index (κ3) is 5.94. The molecule has 3 rings (SSSR count). The van der Waals surface area contributed by atoms with Crippen molar-refractivity contribution in [2.24, 2.45) is 5.73 Å². The van der Waals surface area contributed by atoms with Gasteiger partial charge in [-0.3, -0.25) is 9.59 Å². The first-order valence-corrected chi connectivity index (χ1v) is 9.79. The van der Waals surface area contributed by atoms with Gasteiger partial charge in [0.15, 0.2) is 6.61 Å². The number of hydrogen-bond acceptors (Lipinski definition) is 5. The number of amides is 2. The van der Waals surface area contributed by atoms with Crippen molar-refractivity contribution in [2.75, 3.05) is 13.2 Å². The standard InChI is InChI=1S/C23H24N2O5/c24-23(28)20-11-4-5-14-25(20)21(26)16-29-22(27)13-12-17-7-6-10-19(15-17)30-18-8-2-1-3-9-18/h1-3,6-10,12-13,15,20H,4-5,11,14,16H2,(H2,24,28)/b13-12+/t20-/m1/s1. The molecule has 7 nitrogen and oxygen atoms in total. The minimum absolute atomic E-state index is 0.418. The maximum atomic E-state index is 12.3. The van der Waals surface area contributed by atoms with Gasteiger partial charge in [-0.1, -0.05) is 30.3 Å². The lowest BCUT2D eigenvalue weighted by atomic mass is 10.0. The number of piperidine rings is 1. The summed E-state index contributed by atoms with van der Waals surface area (Å²) < 4.78 is 10.8. The Balaban J connectivity index is 1.52. The van der Waals surface area contributed by atoms with Crippen molar-refractivity contribution in [3.63, 3.8) is 0 Å². The molecule has 0 unspecified atom stereocenters. The van der Waals surface area contributed by atoms with E-state index in [0.29, 0.717) is 24.5 Å². The molecule has 156 valence electrons. The summed E-state index contributed by atoms with van der Waals surface area (Å²) in [5, 5.41) is 0. The van der Waals surface area contributed by atoms with Gasteiger partial charge in [0.25, 0.3) is 5.91 Å². The van der Waals surface area contributed by atoms with Gasteiger partial charge in [-0.25, -0.2) is 4.79 Å². The molecule has 0 aromatic heterocycles. The van der Waals surface area contributed by atoms with Gasteiger partial charge in [-0.05, 0) is 55.2 Å². The number of para-hydroxylation sites is 1. The Morgan fingerprint density at radius 2 is 1.80 bits per heavy atom. The second-order valence-corrected chi connectivity index (χ2v) is 6.93. The van der Waals surface area contributed by atoms with Gasteiger partial charge in [-0.2, -0.15) is 0 Å². The van der Waals surface area contributed by atoms with Crippen molar-refractivity contribution in [1.29, 1.82) is 0 Å². The molecule has 1 atom stereocenters. The molecule has 30 heavy (non-hydrogen) atoms. The lowest BCUT2D eigenvalue weighted by molar-refractivity contribution is -0.151. The number of rotatable bonds is 7. The molecule has 2 amide bonds. The monoisotopic (exact) mass is 408 g/mol. The van der Waals surface area contributed by atoms with E-state index in [-0.39, 0.29) is 0 Å². The summed E-state index contributed by atoms with van der Waals surface area (Å²) in [5.74, 6) is -0.256. The van der Waals surface area contributed by atoms with E-state index in [1.54, 1.807) is 12.1 Å². The molecular formula is C23H24N2O5. The summed E-state index contributed by atoms with van der Waals surface area (Å²) in [5.41, 5.74) is 6.11. The summed E-state index contributed by atoms with van der Waals surface area (Å²) in [7, 11) is 0. The predicted molar refractivity (Wildman–Crippen MR) is 111 cm³/mol. The van der Waals surface area contributed by atoms with Crippen LogP contribution in [0.15, 0.2) is 60.7 Å². The zero-order valence-corrected chi connectivity index (χ0v) is 16.5. The van der Waals surface area contributed by atoms with Crippen molar-refractivity contribution >= 4 is 23.9 Å². The molecule has 0 radical (unpaired) electrons. The SMILES string of the molecule is NC(=O)[C@H]1CCCCN1C(=O)COC(=O)/C=C/c1cccc(Oc2ccccc2)c1. The number of benzene rings is 2. The van der Waals surface area contributed by atoms with Crippen LogP contribution in [-0.4, -0.2) is 41.9 Å². The number of esters is 1. The quantitative estimate of drug-likeness (QED) is 0.561. The third-order valence-corrected chi connectivity index (χ3v) is 4.74. The molecule has 7 heteroatoms. The van der Waals surface area contributed by atoms with Crippen LogP contribution in [0.1, 0.15) is 24.8 Å². The van der Waals surface area contributed by atoms with Crippen LogP contribution in [0.25, 0.3) is 6.08 Å². The van der Waals surface area contributed by atoms with Gasteiger partial charge in [0.1, 0.15) is 17.5 Å². The van der Waals surface area contributed by atoms with Crippen LogP contribution in [-0.2, 0) is 19.1 Å². The molecule has 1 heterocycles. The number of carbonyl (C=O) groups excluding carboxylic acids is 3. The van der Waals surface area contributed by atoms with E-state index in [9.17, 15) is 14.4 Å². The van der Waals surface area contributed by atoms with Crippen molar-refractivity contribution in [3.8, 4) is 11.5 Å². The molecule has 0 saturated carbocycles. The van der Waals surface area contributed by atoms with E-state index in [1.165, 1.54) is 11.0 Å². The fraction of sp³-hybridized carbons (Fsp3) is 0.261. The van der Waals surface area contributed by atoms with Crippen LogP contribution in [0.4, 0.5) is 0 Å². The first-order valence-electron chi connectivity index (χ1n) is 9.79. The highest BCUT2D eigenvalue weighted by atomic mass is 16.5. The normalized spacial score (nSPS) is 16.3. The number of carbonyl (C=O) groups is 3. The second kappa shape index (κ2) is 10.2. The number of ether oxygens (including phenoxy) is 2. The maximum Gasteiger partial charge on any atom is 0.331 e. The Morgan fingerprint density at radius 3 is 2.57 bits per heavy atom. The molecule has 1 fully saturated rings. The minimum atomic E-state index is -0.648. The molecule has 2 N–H and O–H groups in total. The van der Waals surface area contributed by atoms with E-state index >= 15 is 0 Å². The summed E-state index contributed by atoms with van der Waals surface area (Å²) in [6.07, 6.45) is 5.00. The second-order valence-electron chi connectivity index (χ2n) is 6.93. The van der Waals surface area contributed by atoms with Gasteiger partial charge in [0.05, 0.1) is 0 Å². The number of nitrogens with two attached hydrogens (primary N) is 1. The number of nitrogens with zero attached hydrogens (tertiary/aromatic N) is 1. The van der Waals surface area contributed by atoms with Gasteiger partial charge < -0.3 is 20.1 Å². The van der Waals surface area contributed by atoms with Gasteiger partial charge >= 0.3 is 5.97 Å². The highest BCUT2D eigenvalue weighted by Gasteiger charge is 2.30. The minimum Gasteiger partial charge on any atom is -0.457 e. The highest BCUT2D eigenvalue weighted by Crippen LogP contribution is 2.22. The predicted octanol–water partition coefficient (Wildman–Crippen LogP) is 2.90. The molecule has 0 spiro atoms. The molecule has 2 aromatic rings. The fourth-order valence-corrected chi connectivity index (χ4v) is 3.26. The van der Waals surface area contributed by atoms with Crippen molar-refractivity contribution in [3.05, 3.63) is 66.2 Å². The smallest absolute Gasteiger partial charge is 0.331 e. The summed E-state index contributed by atoms with van der Waals surface area (Å²) in [6.45, 7) is 0.0121. The maximum absolute atomic E-state index is 12.3. The molecule has 2 aromatic carbocycles. The molecule has 1 aliphatic heterocycles. The average Bonchev–Trinajstić information content (AvgIpc) is 2.77. The van der Waals surface area contributed by atoms with Gasteiger partial charge in [0.2, 0.25) is 5.91 Å². The lowest BCUT2D eigenvalue weighted by Gasteiger charge is -2.33. The third-order valence-electron chi connectivity index (χ3n) is 4.74. The van der Waals surface area contributed by atoms with Crippen LogP contribution in [0.3, 0.4) is 0 Å². The van der Waals surface area contributed by atoms with E-state index in [0.717, 1.165) is 18.4 Å². The first kappa shape index (κ1) is 21.1. The Bertz CT molecular complexity index is 926. The molecule has 1 aliphatic rings. The van der Waals surface area contributed by atoms with E-state index in [1.807, 2.05) is 48.5 Å². The van der Waals surface area contributed by atoms with Gasteiger partial charge in [0, 0.05) is 12.6 Å². The van der Waals surface area contributed by atoms with Crippen LogP contribution >= 0.6 is 0 Å². The van der Waals surface area contributed by atoms with Crippen molar-refractivity contribution in [1.82, 2.24) is 4.90 Å². The zero-order valence-electron chi connectivity index (χ0n) is 16.5. The van der Waals surface area contributed by atoms with Crippen LogP contribution in [0, 0.1) is 0 Å². The molecule has 0 bridgehead atoms. The Kier molecular flexibility index (Phi) is 7.21. The average molecular weight is 408 g/mol. The van der Waals surface area contributed by atoms with Crippen LogP contribution in [0.2, 0.25) is 0 Å². The lowest BCUT2D eigenvalue weighted by Crippen LogP contribution is -2.51. The zero-order chi connectivity index (χ0) is 21.3. The Labute approximate surface area is 175 Å². The number of hydrogen-bond donors (Lipinski definition) is 1. The first-order chi connectivity index (χ1) is 14.5. The van der Waals surface area contributed by atoms with E-state index < -0.39 is 30.4 Å². The van der Waals surface area contributed by atoms with Crippen LogP contribution in [0.5, 0.6) is 11.5 Å². The topological polar surface area (TPSA) is 98.9 Å². The summed E-state index contributed by atoms with van der Waals surface area (Å²) in [4.78, 5) is 37.2. The van der Waals surface area contributed by atoms with Crippen molar-refractivity contribution in [2.45, 2.75) is 25.3 Å². The largest absolute Gasteiger partial charge is 0.457 e. The van der Waals surface area contributed by atoms with E-state index in [4.69, 9.17) is 15.2 Å². The molecule has 0 aliphatic carbocycles. The summed E-state index contributed by atoms with van der Waals surface area (Å²) >= 11 is 0. The highest BCUT2D eigenvalue weighted by molar-refractivity contribution is 5.91. The molecular weight excluding hydrogens is 384 g/mol. The Morgan fingerprint density at radius 1 is 1.03 bits per heavy atom. The molecule has 1 saturated heterocycles. The van der Waals surface area contributed by atoms with Crippen molar-refractivity contribution < 1.29 is 23.9 Å². The van der Waals surface area contributed by atoms with Crippen LogP contribution < -0.4 is 10.5 Å². The Hall–Kier alpha value is -3.61.